The molecular weight excluding hydrogens is 386 g/mol. The van der Waals surface area contributed by atoms with E-state index in [1.807, 2.05) is 17.0 Å². The lowest BCUT2D eigenvalue weighted by Gasteiger charge is -2.37. The number of aromatic nitrogens is 1. The fourth-order valence-corrected chi connectivity index (χ4v) is 4.86. The van der Waals surface area contributed by atoms with Crippen LogP contribution in [0.4, 0.5) is 0 Å². The first-order valence-electron chi connectivity index (χ1n) is 10.7. The van der Waals surface area contributed by atoms with Gasteiger partial charge in [0.2, 0.25) is 0 Å². The summed E-state index contributed by atoms with van der Waals surface area (Å²) in [4.78, 5) is 17.8. The Bertz CT molecular complexity index is 844. The summed E-state index contributed by atoms with van der Waals surface area (Å²) < 4.78 is 7.96. The van der Waals surface area contributed by atoms with Crippen molar-refractivity contribution < 1.29 is 9.53 Å². The standard InChI is InChI=1S/C23H33N3O2.ClH/c1-17-14-25(13-12-24(17)2)23(27)20-16-26(15-18-8-5-4-6-9-18)22-19(20)10-7-11-21(22)28-3;/h7,10-11,16-18H,4-6,8-9,12-15H2,1-3H3;1H/t17-;/m1./s1. The Hall–Kier alpha value is -1.72. The number of rotatable bonds is 4. The summed E-state index contributed by atoms with van der Waals surface area (Å²) in [7, 11) is 3.85. The van der Waals surface area contributed by atoms with Gasteiger partial charge in [-0.2, -0.15) is 0 Å². The SMILES string of the molecule is COc1cccc2c(C(=O)N3CCN(C)[C@H](C)C3)cn(CC3CCCCC3)c12.Cl. The summed E-state index contributed by atoms with van der Waals surface area (Å²) >= 11 is 0. The van der Waals surface area contributed by atoms with Crippen molar-refractivity contribution in [3.8, 4) is 5.75 Å². The summed E-state index contributed by atoms with van der Waals surface area (Å²) in [5.41, 5.74) is 1.89. The van der Waals surface area contributed by atoms with E-state index in [0.717, 1.165) is 48.4 Å². The number of fused-ring (bicyclic) bond motifs is 1. The molecular formula is C23H34ClN3O2. The largest absolute Gasteiger partial charge is 0.495 e. The zero-order chi connectivity index (χ0) is 19.7. The van der Waals surface area contributed by atoms with Gasteiger partial charge in [-0.3, -0.25) is 4.79 Å². The number of methoxy groups -OCH3 is 1. The van der Waals surface area contributed by atoms with Gasteiger partial charge in [0.25, 0.3) is 5.91 Å². The van der Waals surface area contributed by atoms with Gasteiger partial charge in [-0.25, -0.2) is 0 Å². The average Bonchev–Trinajstić information content (AvgIpc) is 3.09. The zero-order valence-electron chi connectivity index (χ0n) is 17.9. The van der Waals surface area contributed by atoms with Crippen molar-refractivity contribution in [3.63, 3.8) is 0 Å². The molecule has 1 aliphatic carbocycles. The van der Waals surface area contributed by atoms with Crippen LogP contribution < -0.4 is 4.74 Å². The molecule has 160 valence electrons. The lowest BCUT2D eigenvalue weighted by molar-refractivity contribution is 0.0574. The molecule has 1 amide bonds. The second-order valence-corrected chi connectivity index (χ2v) is 8.64. The Morgan fingerprint density at radius 2 is 1.93 bits per heavy atom. The molecule has 6 heteroatoms. The van der Waals surface area contributed by atoms with E-state index >= 15 is 0 Å². The van der Waals surface area contributed by atoms with Crippen molar-refractivity contribution in [2.75, 3.05) is 33.8 Å². The maximum atomic E-state index is 13.4. The van der Waals surface area contributed by atoms with Crippen LogP contribution in [0, 0.1) is 5.92 Å². The van der Waals surface area contributed by atoms with Crippen molar-refractivity contribution in [3.05, 3.63) is 30.0 Å². The van der Waals surface area contributed by atoms with Crippen LogP contribution in [0.3, 0.4) is 0 Å². The Morgan fingerprint density at radius 3 is 2.62 bits per heavy atom. The maximum Gasteiger partial charge on any atom is 0.256 e. The molecule has 1 aromatic heterocycles. The minimum Gasteiger partial charge on any atom is -0.495 e. The maximum absolute atomic E-state index is 13.4. The first kappa shape index (κ1) is 22.0. The molecule has 1 aliphatic heterocycles. The predicted octanol–water partition coefficient (Wildman–Crippen LogP) is 4.43. The number of para-hydroxylation sites is 1. The van der Waals surface area contributed by atoms with Crippen LogP contribution in [0.1, 0.15) is 49.4 Å². The summed E-state index contributed by atoms with van der Waals surface area (Å²) in [6.07, 6.45) is 8.67. The zero-order valence-corrected chi connectivity index (χ0v) is 18.7. The fourth-order valence-electron chi connectivity index (χ4n) is 4.86. The third kappa shape index (κ3) is 4.41. The Kier molecular flexibility index (Phi) is 7.12. The molecule has 4 rings (SSSR count). The van der Waals surface area contributed by atoms with E-state index < -0.39 is 0 Å². The van der Waals surface area contributed by atoms with Gasteiger partial charge in [-0.1, -0.05) is 31.4 Å². The highest BCUT2D eigenvalue weighted by Gasteiger charge is 2.28. The van der Waals surface area contributed by atoms with Gasteiger partial charge < -0.3 is 19.1 Å². The molecule has 0 spiro atoms. The van der Waals surface area contributed by atoms with E-state index in [2.05, 4.69) is 35.7 Å². The van der Waals surface area contributed by atoms with Crippen LogP contribution in [-0.2, 0) is 6.54 Å². The molecule has 2 heterocycles. The van der Waals surface area contributed by atoms with Gasteiger partial charge in [0, 0.05) is 43.8 Å². The van der Waals surface area contributed by atoms with Crippen LogP contribution in [0.25, 0.3) is 10.9 Å². The third-order valence-electron chi connectivity index (χ3n) is 6.74. The van der Waals surface area contributed by atoms with Crippen LogP contribution in [0.2, 0.25) is 0 Å². The molecule has 5 nitrogen and oxygen atoms in total. The predicted molar refractivity (Wildman–Crippen MR) is 120 cm³/mol. The highest BCUT2D eigenvalue weighted by Crippen LogP contribution is 2.33. The Balaban J connectivity index is 0.00000240. The number of hydrogen-bond acceptors (Lipinski definition) is 3. The number of hydrogen-bond donors (Lipinski definition) is 0. The molecule has 0 unspecified atom stereocenters. The van der Waals surface area contributed by atoms with Gasteiger partial charge in [0.15, 0.2) is 0 Å². The fraction of sp³-hybridized carbons (Fsp3) is 0.609. The second kappa shape index (κ2) is 9.40. The lowest BCUT2D eigenvalue weighted by Crippen LogP contribution is -2.52. The number of ether oxygens (including phenoxy) is 1. The molecule has 0 radical (unpaired) electrons. The highest BCUT2D eigenvalue weighted by atomic mass is 35.5. The van der Waals surface area contributed by atoms with E-state index in [-0.39, 0.29) is 18.3 Å². The van der Waals surface area contributed by atoms with E-state index in [4.69, 9.17) is 4.74 Å². The molecule has 1 saturated carbocycles. The number of amides is 1. The Morgan fingerprint density at radius 1 is 1.17 bits per heavy atom. The minimum absolute atomic E-state index is 0. The van der Waals surface area contributed by atoms with Crippen molar-refractivity contribution in [1.82, 2.24) is 14.4 Å². The van der Waals surface area contributed by atoms with Crippen LogP contribution >= 0.6 is 12.4 Å². The molecule has 1 atom stereocenters. The first-order chi connectivity index (χ1) is 13.6. The molecule has 0 bridgehead atoms. The van der Waals surface area contributed by atoms with Gasteiger partial charge in [0.1, 0.15) is 5.75 Å². The van der Waals surface area contributed by atoms with Crippen molar-refractivity contribution in [2.45, 2.75) is 51.6 Å². The smallest absolute Gasteiger partial charge is 0.256 e. The second-order valence-electron chi connectivity index (χ2n) is 8.64. The number of nitrogens with zero attached hydrogens (tertiary/aromatic N) is 3. The molecule has 1 saturated heterocycles. The molecule has 0 N–H and O–H groups in total. The summed E-state index contributed by atoms with van der Waals surface area (Å²) in [5, 5.41) is 1.02. The van der Waals surface area contributed by atoms with E-state index in [1.54, 1.807) is 7.11 Å². The average molecular weight is 420 g/mol. The van der Waals surface area contributed by atoms with E-state index in [0.29, 0.717) is 12.0 Å². The number of halogens is 1. The van der Waals surface area contributed by atoms with Crippen LogP contribution in [0.15, 0.2) is 24.4 Å². The van der Waals surface area contributed by atoms with E-state index in [1.165, 1.54) is 32.1 Å². The molecule has 1 aromatic carbocycles. The third-order valence-corrected chi connectivity index (χ3v) is 6.74. The van der Waals surface area contributed by atoms with Crippen molar-refractivity contribution in [2.24, 2.45) is 5.92 Å². The quantitative estimate of drug-likeness (QED) is 0.735. The van der Waals surface area contributed by atoms with Crippen LogP contribution in [-0.4, -0.2) is 60.1 Å². The van der Waals surface area contributed by atoms with Crippen molar-refractivity contribution in [1.29, 1.82) is 0 Å². The number of carbonyl (C=O) groups excluding carboxylic acids is 1. The van der Waals surface area contributed by atoms with Gasteiger partial charge >= 0.3 is 0 Å². The van der Waals surface area contributed by atoms with Crippen LogP contribution in [0.5, 0.6) is 5.75 Å². The molecule has 29 heavy (non-hydrogen) atoms. The minimum atomic E-state index is 0. The summed E-state index contributed by atoms with van der Waals surface area (Å²) in [6, 6.07) is 6.46. The summed E-state index contributed by atoms with van der Waals surface area (Å²) in [6.45, 7) is 5.67. The van der Waals surface area contributed by atoms with Gasteiger partial charge in [-0.15, -0.1) is 12.4 Å². The van der Waals surface area contributed by atoms with Crippen molar-refractivity contribution >= 4 is 29.2 Å². The Labute approximate surface area is 180 Å². The molecule has 2 aliphatic rings. The first-order valence-corrected chi connectivity index (χ1v) is 10.7. The normalized spacial score (nSPS) is 21.2. The topological polar surface area (TPSA) is 37.7 Å². The van der Waals surface area contributed by atoms with Gasteiger partial charge in [0.05, 0.1) is 18.2 Å². The number of benzene rings is 1. The number of piperazine rings is 1. The van der Waals surface area contributed by atoms with Gasteiger partial charge in [-0.05, 0) is 38.8 Å². The summed E-state index contributed by atoms with van der Waals surface area (Å²) in [5.74, 6) is 1.71. The number of carbonyl (C=O) groups is 1. The van der Waals surface area contributed by atoms with E-state index in [9.17, 15) is 4.79 Å². The monoisotopic (exact) mass is 419 g/mol. The lowest BCUT2D eigenvalue weighted by atomic mass is 9.89. The number of likely N-dealkylation sites (N-methyl/N-ethyl adjacent to an activating group) is 1. The highest BCUT2D eigenvalue weighted by molar-refractivity contribution is 6.08. The molecule has 2 fully saturated rings. The molecule has 2 aromatic rings.